The molecule has 0 aromatic heterocycles. The quantitative estimate of drug-likeness (QED) is 0.697. The molecule has 1 saturated heterocycles. The average molecular weight is 212 g/mol. The van der Waals surface area contributed by atoms with Gasteiger partial charge in [-0.05, 0) is 12.1 Å². The van der Waals surface area contributed by atoms with Gasteiger partial charge in [-0.25, -0.2) is 4.39 Å². The first-order chi connectivity index (χ1) is 6.77. The highest BCUT2D eigenvalue weighted by Gasteiger charge is 2.18. The Labute approximate surface area is 87.1 Å². The molecular formula is C10H13FN2S. The van der Waals surface area contributed by atoms with E-state index in [4.69, 9.17) is 5.73 Å². The summed E-state index contributed by atoms with van der Waals surface area (Å²) in [4.78, 5) is 0. The standard InChI is InChI=1S/C10H13FN2S/c11-9-5-7(12)1-2-8(9)10-6-13-3-4-14-10/h1-2,5,10,13H,3-4,6,12H2. The molecule has 2 rings (SSSR count). The molecule has 1 heterocycles. The summed E-state index contributed by atoms with van der Waals surface area (Å²) in [6.07, 6.45) is 0. The fourth-order valence-corrected chi connectivity index (χ4v) is 2.72. The lowest BCUT2D eigenvalue weighted by Crippen LogP contribution is -2.28. The molecule has 1 aromatic rings. The highest BCUT2D eigenvalue weighted by molar-refractivity contribution is 7.99. The van der Waals surface area contributed by atoms with Crippen molar-refractivity contribution < 1.29 is 4.39 Å². The highest BCUT2D eigenvalue weighted by atomic mass is 32.2. The topological polar surface area (TPSA) is 38.0 Å². The molecule has 3 N–H and O–H groups in total. The minimum absolute atomic E-state index is 0.189. The third-order valence-electron chi connectivity index (χ3n) is 2.30. The van der Waals surface area contributed by atoms with Crippen molar-refractivity contribution in [3.63, 3.8) is 0 Å². The Bertz CT molecular complexity index is 324. The van der Waals surface area contributed by atoms with Crippen LogP contribution < -0.4 is 11.1 Å². The molecule has 0 spiro atoms. The van der Waals surface area contributed by atoms with Crippen molar-refractivity contribution >= 4 is 17.4 Å². The highest BCUT2D eigenvalue weighted by Crippen LogP contribution is 2.32. The van der Waals surface area contributed by atoms with Gasteiger partial charge < -0.3 is 11.1 Å². The molecule has 4 heteroatoms. The molecule has 76 valence electrons. The van der Waals surface area contributed by atoms with E-state index in [0.29, 0.717) is 5.69 Å². The van der Waals surface area contributed by atoms with Gasteiger partial charge in [0.15, 0.2) is 0 Å². The number of rotatable bonds is 1. The summed E-state index contributed by atoms with van der Waals surface area (Å²) >= 11 is 1.79. The van der Waals surface area contributed by atoms with E-state index in [0.717, 1.165) is 24.4 Å². The lowest BCUT2D eigenvalue weighted by atomic mass is 10.1. The molecular weight excluding hydrogens is 199 g/mol. The summed E-state index contributed by atoms with van der Waals surface area (Å²) in [5, 5.41) is 3.48. The monoisotopic (exact) mass is 212 g/mol. The Kier molecular flexibility index (Phi) is 2.93. The molecule has 0 radical (unpaired) electrons. The Morgan fingerprint density at radius 3 is 3.00 bits per heavy atom. The molecule has 1 aromatic carbocycles. The molecule has 0 aliphatic carbocycles. The van der Waals surface area contributed by atoms with Gasteiger partial charge >= 0.3 is 0 Å². The summed E-state index contributed by atoms with van der Waals surface area (Å²) in [6.45, 7) is 1.85. The van der Waals surface area contributed by atoms with E-state index >= 15 is 0 Å². The maximum atomic E-state index is 13.5. The van der Waals surface area contributed by atoms with Crippen LogP contribution in [0, 0.1) is 5.82 Å². The van der Waals surface area contributed by atoms with Gasteiger partial charge in [0.05, 0.1) is 0 Å². The van der Waals surface area contributed by atoms with Crippen LogP contribution in [-0.4, -0.2) is 18.8 Å². The number of anilines is 1. The van der Waals surface area contributed by atoms with Crippen LogP contribution in [0.25, 0.3) is 0 Å². The van der Waals surface area contributed by atoms with E-state index in [1.165, 1.54) is 6.07 Å². The average Bonchev–Trinajstić information content (AvgIpc) is 2.19. The van der Waals surface area contributed by atoms with Crippen LogP contribution in [0.4, 0.5) is 10.1 Å². The van der Waals surface area contributed by atoms with Crippen LogP contribution in [-0.2, 0) is 0 Å². The number of benzene rings is 1. The Hall–Kier alpha value is -0.740. The van der Waals surface area contributed by atoms with Gasteiger partial charge in [-0.3, -0.25) is 0 Å². The van der Waals surface area contributed by atoms with Gasteiger partial charge in [0.25, 0.3) is 0 Å². The third-order valence-corrected chi connectivity index (χ3v) is 3.56. The molecule has 1 fully saturated rings. The van der Waals surface area contributed by atoms with Gasteiger partial charge in [0.2, 0.25) is 0 Å². The predicted molar refractivity (Wildman–Crippen MR) is 58.9 cm³/mol. The second-order valence-electron chi connectivity index (χ2n) is 3.34. The summed E-state index contributed by atoms with van der Waals surface area (Å²) in [5.74, 6) is 0.847. The first kappa shape index (κ1) is 9.80. The largest absolute Gasteiger partial charge is 0.399 e. The second-order valence-corrected chi connectivity index (χ2v) is 4.66. The molecule has 2 nitrogen and oxygen atoms in total. The molecule has 1 atom stereocenters. The molecule has 1 aliphatic heterocycles. The lowest BCUT2D eigenvalue weighted by Gasteiger charge is -2.23. The summed E-state index contributed by atoms with van der Waals surface area (Å²) < 4.78 is 13.5. The van der Waals surface area contributed by atoms with E-state index in [9.17, 15) is 4.39 Å². The SMILES string of the molecule is Nc1ccc(C2CNCCS2)c(F)c1. The number of halogens is 1. The van der Waals surface area contributed by atoms with Crippen LogP contribution in [0.2, 0.25) is 0 Å². The van der Waals surface area contributed by atoms with Crippen LogP contribution in [0.3, 0.4) is 0 Å². The first-order valence-electron chi connectivity index (χ1n) is 4.64. The van der Waals surface area contributed by atoms with Gasteiger partial charge in [-0.2, -0.15) is 11.8 Å². The third kappa shape index (κ3) is 2.01. The first-order valence-corrected chi connectivity index (χ1v) is 5.69. The van der Waals surface area contributed by atoms with Crippen molar-refractivity contribution in [2.45, 2.75) is 5.25 Å². The fourth-order valence-electron chi connectivity index (χ4n) is 1.57. The van der Waals surface area contributed by atoms with Gasteiger partial charge in [-0.15, -0.1) is 0 Å². The predicted octanol–water partition coefficient (Wildman–Crippen LogP) is 1.79. The van der Waals surface area contributed by atoms with E-state index < -0.39 is 0 Å². The Balaban J connectivity index is 2.22. The molecule has 0 bridgehead atoms. The van der Waals surface area contributed by atoms with Crippen molar-refractivity contribution in [2.24, 2.45) is 0 Å². The minimum atomic E-state index is -0.189. The van der Waals surface area contributed by atoms with E-state index in [1.54, 1.807) is 23.9 Å². The smallest absolute Gasteiger partial charge is 0.129 e. The summed E-state index contributed by atoms with van der Waals surface area (Å²) in [6, 6.07) is 4.94. The maximum absolute atomic E-state index is 13.5. The van der Waals surface area contributed by atoms with Crippen molar-refractivity contribution in [1.29, 1.82) is 0 Å². The van der Waals surface area contributed by atoms with Crippen LogP contribution >= 0.6 is 11.8 Å². The van der Waals surface area contributed by atoms with Gasteiger partial charge in [0.1, 0.15) is 5.82 Å². The van der Waals surface area contributed by atoms with Crippen LogP contribution in [0.15, 0.2) is 18.2 Å². The summed E-state index contributed by atoms with van der Waals surface area (Å²) in [5.41, 5.74) is 6.74. The fraction of sp³-hybridized carbons (Fsp3) is 0.400. The van der Waals surface area contributed by atoms with Crippen LogP contribution in [0.5, 0.6) is 0 Å². The zero-order chi connectivity index (χ0) is 9.97. The lowest BCUT2D eigenvalue weighted by molar-refractivity contribution is 0.595. The normalized spacial score (nSPS) is 22.2. The molecule has 1 unspecified atom stereocenters. The van der Waals surface area contributed by atoms with E-state index in [-0.39, 0.29) is 11.1 Å². The number of nitrogens with two attached hydrogens (primary N) is 1. The Morgan fingerprint density at radius 2 is 2.36 bits per heavy atom. The molecule has 1 aliphatic rings. The van der Waals surface area contributed by atoms with Crippen molar-refractivity contribution in [1.82, 2.24) is 5.32 Å². The maximum Gasteiger partial charge on any atom is 0.129 e. The number of nitrogens with one attached hydrogen (secondary N) is 1. The molecule has 0 saturated carbocycles. The van der Waals surface area contributed by atoms with Crippen molar-refractivity contribution in [3.05, 3.63) is 29.6 Å². The second kappa shape index (κ2) is 4.19. The zero-order valence-electron chi connectivity index (χ0n) is 7.79. The van der Waals surface area contributed by atoms with E-state index in [2.05, 4.69) is 5.32 Å². The zero-order valence-corrected chi connectivity index (χ0v) is 8.61. The molecule has 14 heavy (non-hydrogen) atoms. The molecule has 0 amide bonds. The number of hydrogen-bond donors (Lipinski definition) is 2. The van der Waals surface area contributed by atoms with Crippen molar-refractivity contribution in [3.8, 4) is 0 Å². The van der Waals surface area contributed by atoms with E-state index in [1.807, 2.05) is 0 Å². The van der Waals surface area contributed by atoms with Crippen molar-refractivity contribution in [2.75, 3.05) is 24.6 Å². The summed E-state index contributed by atoms with van der Waals surface area (Å²) in [7, 11) is 0. The van der Waals surface area contributed by atoms with Gasteiger partial charge in [-0.1, -0.05) is 6.07 Å². The van der Waals surface area contributed by atoms with Crippen LogP contribution in [0.1, 0.15) is 10.8 Å². The number of nitrogen functional groups attached to an aromatic ring is 1. The number of thioether (sulfide) groups is 1. The number of hydrogen-bond acceptors (Lipinski definition) is 3. The Morgan fingerprint density at radius 1 is 1.50 bits per heavy atom. The van der Waals surface area contributed by atoms with Gasteiger partial charge in [0, 0.05) is 35.3 Å². The minimum Gasteiger partial charge on any atom is -0.399 e.